The van der Waals surface area contributed by atoms with Crippen molar-refractivity contribution in [1.29, 1.82) is 0 Å². The van der Waals surface area contributed by atoms with Crippen LogP contribution in [-0.2, 0) is 24.1 Å². The van der Waals surface area contributed by atoms with E-state index in [4.69, 9.17) is 0 Å². The molecule has 130 valence electrons. The lowest BCUT2D eigenvalue weighted by atomic mass is 9.93. The van der Waals surface area contributed by atoms with Crippen molar-refractivity contribution >= 4 is 5.78 Å². The number of aromatic nitrogens is 2. The van der Waals surface area contributed by atoms with Gasteiger partial charge in [0.15, 0.2) is 0 Å². The molecule has 26 heavy (non-hydrogen) atoms. The van der Waals surface area contributed by atoms with Crippen LogP contribution in [0.5, 0.6) is 0 Å². The zero-order valence-electron chi connectivity index (χ0n) is 14.4. The van der Waals surface area contributed by atoms with Gasteiger partial charge < -0.3 is 5.11 Å². The highest BCUT2D eigenvalue weighted by Gasteiger charge is 2.20. The number of nitrogens with zero attached hydrogens (tertiary/aromatic N) is 2. The van der Waals surface area contributed by atoms with Crippen LogP contribution in [0.15, 0.2) is 60.9 Å². The Labute approximate surface area is 152 Å². The van der Waals surface area contributed by atoms with Gasteiger partial charge in [0.25, 0.3) is 0 Å². The van der Waals surface area contributed by atoms with E-state index in [9.17, 15) is 9.90 Å². The van der Waals surface area contributed by atoms with E-state index in [-0.39, 0.29) is 18.3 Å². The summed E-state index contributed by atoms with van der Waals surface area (Å²) in [4.78, 5) is 20.6. The van der Waals surface area contributed by atoms with Crippen molar-refractivity contribution in [2.45, 2.75) is 25.2 Å². The van der Waals surface area contributed by atoms with Crippen LogP contribution in [0.4, 0.5) is 0 Å². The summed E-state index contributed by atoms with van der Waals surface area (Å²) in [5, 5.41) is 9.79. The Kier molecular flexibility index (Phi) is 4.59. The van der Waals surface area contributed by atoms with Crippen molar-refractivity contribution < 1.29 is 9.90 Å². The van der Waals surface area contributed by atoms with E-state index in [0.29, 0.717) is 19.3 Å². The monoisotopic (exact) mass is 344 g/mol. The topological polar surface area (TPSA) is 63.1 Å². The summed E-state index contributed by atoms with van der Waals surface area (Å²) in [7, 11) is 0. The van der Waals surface area contributed by atoms with E-state index in [2.05, 4.69) is 16.0 Å². The number of carbonyl (C=O) groups excluding carboxylic acids is 1. The Balaban J connectivity index is 1.59. The fourth-order valence-electron chi connectivity index (χ4n) is 3.50. The van der Waals surface area contributed by atoms with Gasteiger partial charge in [-0.15, -0.1) is 0 Å². The molecule has 0 spiro atoms. The highest BCUT2D eigenvalue weighted by molar-refractivity contribution is 5.87. The van der Waals surface area contributed by atoms with Crippen LogP contribution in [-0.4, -0.2) is 27.5 Å². The van der Waals surface area contributed by atoms with Crippen molar-refractivity contribution in [3.05, 3.63) is 83.3 Å². The predicted octanol–water partition coefficient (Wildman–Crippen LogP) is 3.13. The molecule has 1 aliphatic carbocycles. The molecule has 2 aromatic heterocycles. The normalized spacial score (nSPS) is 14.3. The predicted molar refractivity (Wildman–Crippen MR) is 99.9 cm³/mol. The van der Waals surface area contributed by atoms with Gasteiger partial charge in [0.1, 0.15) is 5.78 Å². The number of rotatable bonds is 5. The number of hydrogen-bond donors (Lipinski definition) is 1. The van der Waals surface area contributed by atoms with E-state index in [1.807, 2.05) is 48.7 Å². The third kappa shape index (κ3) is 3.41. The second kappa shape index (κ2) is 7.18. The molecule has 0 saturated carbocycles. The van der Waals surface area contributed by atoms with Crippen molar-refractivity contribution in [2.75, 3.05) is 6.61 Å². The molecule has 1 N–H and O–H groups in total. The molecule has 0 fully saturated rings. The standard InChI is InChI=1S/C22H20N2O2/c25-14-19(16-4-2-1-3-5-16)9-15-8-18(13-23-12-15)21-7-6-17-10-20(26)11-22(17)24-21/h1-8,12-13,19,25H,9-11,14H2/t19-/m0/s1. The number of benzene rings is 1. The van der Waals surface area contributed by atoms with Crippen LogP contribution < -0.4 is 0 Å². The summed E-state index contributed by atoms with van der Waals surface area (Å²) in [5.74, 6) is 0.268. The Morgan fingerprint density at radius 2 is 1.88 bits per heavy atom. The van der Waals surface area contributed by atoms with Crippen molar-refractivity contribution in [1.82, 2.24) is 9.97 Å². The summed E-state index contributed by atoms with van der Waals surface area (Å²) in [6.45, 7) is 0.0907. The Bertz CT molecular complexity index is 938. The number of hydrogen-bond acceptors (Lipinski definition) is 4. The molecule has 4 rings (SSSR count). The Hall–Kier alpha value is -2.85. The number of Topliss-reactive ketones (excluding diaryl/α,β-unsaturated/α-hetero) is 1. The highest BCUT2D eigenvalue weighted by Crippen LogP contribution is 2.26. The van der Waals surface area contributed by atoms with Gasteiger partial charge in [-0.25, -0.2) is 0 Å². The lowest BCUT2D eigenvalue weighted by Crippen LogP contribution is -2.08. The first kappa shape index (κ1) is 16.6. The smallest absolute Gasteiger partial charge is 0.143 e. The average Bonchev–Trinajstić information content (AvgIpc) is 3.06. The van der Waals surface area contributed by atoms with Crippen LogP contribution in [0.1, 0.15) is 28.3 Å². The minimum Gasteiger partial charge on any atom is -0.396 e. The quantitative estimate of drug-likeness (QED) is 0.772. The zero-order chi connectivity index (χ0) is 17.9. The molecule has 1 aliphatic rings. The Morgan fingerprint density at radius 1 is 1.04 bits per heavy atom. The van der Waals surface area contributed by atoms with Crippen molar-refractivity contribution in [2.24, 2.45) is 0 Å². The minimum absolute atomic E-state index is 0.0406. The third-order valence-corrected chi connectivity index (χ3v) is 4.88. The number of ketones is 1. The fraction of sp³-hybridized carbons (Fsp3) is 0.227. The third-order valence-electron chi connectivity index (χ3n) is 4.88. The highest BCUT2D eigenvalue weighted by atomic mass is 16.3. The molecule has 0 bridgehead atoms. The summed E-state index contributed by atoms with van der Waals surface area (Å²) in [5.41, 5.74) is 5.88. The molecule has 0 aliphatic heterocycles. The molecule has 3 aromatic rings. The molecule has 0 amide bonds. The van der Waals surface area contributed by atoms with Crippen LogP contribution in [0.3, 0.4) is 0 Å². The van der Waals surface area contributed by atoms with E-state index in [1.165, 1.54) is 0 Å². The maximum atomic E-state index is 11.6. The molecule has 4 heteroatoms. The number of pyridine rings is 2. The SMILES string of the molecule is O=C1Cc2ccc(-c3cncc(C[C@@H](CO)c4ccccc4)c3)nc2C1. The van der Waals surface area contributed by atoms with Crippen LogP contribution in [0.2, 0.25) is 0 Å². The van der Waals surface area contributed by atoms with Crippen LogP contribution in [0.25, 0.3) is 11.3 Å². The van der Waals surface area contributed by atoms with Gasteiger partial charge in [-0.2, -0.15) is 0 Å². The second-order valence-electron chi connectivity index (χ2n) is 6.77. The van der Waals surface area contributed by atoms with Gasteiger partial charge in [0, 0.05) is 36.7 Å². The van der Waals surface area contributed by atoms with Gasteiger partial charge in [0.2, 0.25) is 0 Å². The van der Waals surface area contributed by atoms with Gasteiger partial charge in [-0.3, -0.25) is 14.8 Å². The molecule has 4 nitrogen and oxygen atoms in total. The Morgan fingerprint density at radius 3 is 2.69 bits per heavy atom. The molecule has 0 unspecified atom stereocenters. The molecule has 1 aromatic carbocycles. The van der Waals surface area contributed by atoms with Crippen molar-refractivity contribution in [3.63, 3.8) is 0 Å². The maximum absolute atomic E-state index is 11.6. The average molecular weight is 344 g/mol. The van der Waals surface area contributed by atoms with E-state index in [0.717, 1.165) is 33.6 Å². The van der Waals surface area contributed by atoms with Crippen LogP contribution in [0, 0.1) is 0 Å². The lowest BCUT2D eigenvalue weighted by Gasteiger charge is -2.15. The first-order chi connectivity index (χ1) is 12.7. The number of carbonyl (C=O) groups is 1. The van der Waals surface area contributed by atoms with Gasteiger partial charge >= 0.3 is 0 Å². The van der Waals surface area contributed by atoms with E-state index in [1.54, 1.807) is 6.20 Å². The second-order valence-corrected chi connectivity index (χ2v) is 6.77. The van der Waals surface area contributed by atoms with E-state index < -0.39 is 0 Å². The van der Waals surface area contributed by atoms with Crippen LogP contribution >= 0.6 is 0 Å². The number of fused-ring (bicyclic) bond motifs is 1. The minimum atomic E-state index is 0.0406. The summed E-state index contributed by atoms with van der Waals surface area (Å²) >= 11 is 0. The van der Waals surface area contributed by atoms with Gasteiger partial charge in [0.05, 0.1) is 18.0 Å². The van der Waals surface area contributed by atoms with Gasteiger partial charge in [-0.05, 0) is 35.2 Å². The summed E-state index contributed by atoms with van der Waals surface area (Å²) < 4.78 is 0. The molecular formula is C22H20N2O2. The summed E-state index contributed by atoms with van der Waals surface area (Å²) in [6, 6.07) is 16.1. The largest absolute Gasteiger partial charge is 0.396 e. The molecule has 1 atom stereocenters. The molecule has 0 saturated heterocycles. The van der Waals surface area contributed by atoms with Crippen molar-refractivity contribution in [3.8, 4) is 11.3 Å². The number of aliphatic hydroxyl groups excluding tert-OH is 1. The first-order valence-corrected chi connectivity index (χ1v) is 8.83. The molecule has 0 radical (unpaired) electrons. The molecule has 2 heterocycles. The van der Waals surface area contributed by atoms with Gasteiger partial charge in [-0.1, -0.05) is 36.4 Å². The number of aliphatic hydroxyl groups is 1. The van der Waals surface area contributed by atoms with E-state index >= 15 is 0 Å². The zero-order valence-corrected chi connectivity index (χ0v) is 14.4. The first-order valence-electron chi connectivity index (χ1n) is 8.83. The summed E-state index contributed by atoms with van der Waals surface area (Å²) in [6.07, 6.45) is 5.27. The lowest BCUT2D eigenvalue weighted by molar-refractivity contribution is -0.117. The fourth-order valence-corrected chi connectivity index (χ4v) is 3.50. The molecular weight excluding hydrogens is 324 g/mol. The maximum Gasteiger partial charge on any atom is 0.143 e.